The fourth-order valence-electron chi connectivity index (χ4n) is 1.75. The quantitative estimate of drug-likeness (QED) is 0.270. The summed E-state index contributed by atoms with van der Waals surface area (Å²) in [7, 11) is 0. The minimum Gasteiger partial charge on any atom is -0.405 e. The monoisotopic (exact) mass is 461 g/mol. The molecule has 5 nitrogen and oxygen atoms in total. The molecule has 0 bridgehead atoms. The van der Waals surface area contributed by atoms with E-state index < -0.39 is 6.36 Å². The fraction of sp³-hybridized carbons (Fsp3) is 0.533. The van der Waals surface area contributed by atoms with Crippen molar-refractivity contribution >= 4 is 29.9 Å². The second-order valence-corrected chi connectivity index (χ2v) is 4.47. The predicted molar refractivity (Wildman–Crippen MR) is 97.9 cm³/mol. The van der Waals surface area contributed by atoms with Crippen molar-refractivity contribution in [3.63, 3.8) is 0 Å². The maximum atomic E-state index is 12.4. The van der Waals surface area contributed by atoms with Gasteiger partial charge < -0.3 is 20.1 Å². The second kappa shape index (κ2) is 12.2. The molecule has 0 saturated carbocycles. The molecule has 0 fully saturated rings. The molecule has 0 saturated heterocycles. The molecule has 0 amide bonds. The van der Waals surface area contributed by atoms with Crippen LogP contribution in [0.2, 0.25) is 0 Å². The van der Waals surface area contributed by atoms with Crippen molar-refractivity contribution < 1.29 is 22.6 Å². The molecular formula is C15H23F3IN3O2. The van der Waals surface area contributed by atoms with Crippen LogP contribution in [0.25, 0.3) is 0 Å². The molecule has 0 aliphatic rings. The predicted octanol–water partition coefficient (Wildman–Crippen LogP) is 3.29. The van der Waals surface area contributed by atoms with Gasteiger partial charge in [-0.1, -0.05) is 18.2 Å². The summed E-state index contributed by atoms with van der Waals surface area (Å²) in [6.07, 6.45) is -4.72. The van der Waals surface area contributed by atoms with Gasteiger partial charge in [-0.2, -0.15) is 0 Å². The Morgan fingerprint density at radius 1 is 1.17 bits per heavy atom. The van der Waals surface area contributed by atoms with Gasteiger partial charge in [-0.15, -0.1) is 37.1 Å². The third kappa shape index (κ3) is 9.81. The number of nitrogens with zero attached hydrogens (tertiary/aromatic N) is 1. The zero-order chi connectivity index (χ0) is 17.1. The zero-order valence-corrected chi connectivity index (χ0v) is 16.0. The first kappa shape index (κ1) is 22.8. The summed E-state index contributed by atoms with van der Waals surface area (Å²) < 4.78 is 46.4. The van der Waals surface area contributed by atoms with Gasteiger partial charge in [-0.05, 0) is 19.9 Å². The van der Waals surface area contributed by atoms with Crippen LogP contribution in [-0.4, -0.2) is 38.6 Å². The fourth-order valence-corrected chi connectivity index (χ4v) is 1.75. The Hall–Kier alpha value is -1.23. The number of rotatable bonds is 8. The summed E-state index contributed by atoms with van der Waals surface area (Å²) in [5, 5.41) is 6.06. The molecule has 1 rings (SSSR count). The Kier molecular flexibility index (Phi) is 11.6. The van der Waals surface area contributed by atoms with Gasteiger partial charge in [-0.25, -0.2) is 4.99 Å². The normalized spacial score (nSPS) is 11.6. The van der Waals surface area contributed by atoms with Crippen LogP contribution in [0.1, 0.15) is 19.4 Å². The number of hydrogen-bond donors (Lipinski definition) is 2. The van der Waals surface area contributed by atoms with E-state index >= 15 is 0 Å². The number of halogens is 4. The Balaban J connectivity index is 0.00000529. The maximum absolute atomic E-state index is 12.4. The lowest BCUT2D eigenvalue weighted by molar-refractivity contribution is -0.274. The van der Waals surface area contributed by atoms with Crippen molar-refractivity contribution in [2.45, 2.75) is 26.8 Å². The summed E-state index contributed by atoms with van der Waals surface area (Å²) in [5.74, 6) is 0.267. The zero-order valence-electron chi connectivity index (χ0n) is 13.7. The van der Waals surface area contributed by atoms with E-state index in [1.54, 1.807) is 12.1 Å². The van der Waals surface area contributed by atoms with Crippen molar-refractivity contribution in [1.82, 2.24) is 10.6 Å². The van der Waals surface area contributed by atoms with Gasteiger partial charge in [0.1, 0.15) is 5.75 Å². The van der Waals surface area contributed by atoms with Crippen LogP contribution in [0.4, 0.5) is 13.2 Å². The molecule has 0 radical (unpaired) electrons. The topological polar surface area (TPSA) is 54.9 Å². The molecule has 0 aliphatic carbocycles. The van der Waals surface area contributed by atoms with E-state index in [0.717, 1.165) is 0 Å². The standard InChI is InChI=1S/C15H22F3N3O2.HI/c1-3-19-14(20-9-10-22-4-2)21-11-12-7-5-6-8-13(12)23-15(16,17)18;/h5-8H,3-4,9-11H2,1-2H3,(H2,19,20,21);1H. The SMILES string of the molecule is CCNC(=NCc1ccccc1OC(F)(F)F)NCCOCC.I. The van der Waals surface area contributed by atoms with Gasteiger partial charge in [0.05, 0.1) is 13.2 Å². The van der Waals surface area contributed by atoms with Gasteiger partial charge in [0.25, 0.3) is 0 Å². The van der Waals surface area contributed by atoms with E-state index in [2.05, 4.69) is 20.4 Å². The average Bonchev–Trinajstić information content (AvgIpc) is 2.49. The molecule has 138 valence electrons. The molecule has 0 unspecified atom stereocenters. The molecule has 0 aromatic heterocycles. The third-order valence-electron chi connectivity index (χ3n) is 2.69. The maximum Gasteiger partial charge on any atom is 0.573 e. The molecule has 1 aromatic carbocycles. The third-order valence-corrected chi connectivity index (χ3v) is 2.69. The first-order valence-corrected chi connectivity index (χ1v) is 7.39. The lowest BCUT2D eigenvalue weighted by Gasteiger charge is -2.14. The largest absolute Gasteiger partial charge is 0.573 e. The average molecular weight is 461 g/mol. The number of nitrogens with one attached hydrogen (secondary N) is 2. The number of ether oxygens (including phenoxy) is 2. The lowest BCUT2D eigenvalue weighted by Crippen LogP contribution is -2.39. The molecule has 0 spiro atoms. The highest BCUT2D eigenvalue weighted by Gasteiger charge is 2.31. The van der Waals surface area contributed by atoms with E-state index in [4.69, 9.17) is 4.74 Å². The second-order valence-electron chi connectivity index (χ2n) is 4.47. The van der Waals surface area contributed by atoms with Crippen molar-refractivity contribution in [1.29, 1.82) is 0 Å². The van der Waals surface area contributed by atoms with Crippen LogP contribution in [0.5, 0.6) is 5.75 Å². The molecular weight excluding hydrogens is 438 g/mol. The summed E-state index contributed by atoms with van der Waals surface area (Å²) in [6, 6.07) is 5.95. The number of para-hydroxylation sites is 1. The highest BCUT2D eigenvalue weighted by atomic mass is 127. The van der Waals surface area contributed by atoms with Gasteiger partial charge in [0, 0.05) is 25.3 Å². The first-order chi connectivity index (χ1) is 11.0. The van der Waals surface area contributed by atoms with Gasteiger partial charge in [-0.3, -0.25) is 0 Å². The van der Waals surface area contributed by atoms with Crippen LogP contribution in [0.15, 0.2) is 29.3 Å². The summed E-state index contributed by atoms with van der Waals surface area (Å²) in [6.45, 7) is 6.21. The number of guanidine groups is 1. The van der Waals surface area contributed by atoms with E-state index in [-0.39, 0.29) is 36.3 Å². The molecule has 0 aliphatic heterocycles. The van der Waals surface area contributed by atoms with Crippen LogP contribution in [-0.2, 0) is 11.3 Å². The van der Waals surface area contributed by atoms with Crippen molar-refractivity contribution in [3.8, 4) is 5.75 Å². The Bertz CT molecular complexity index is 499. The van der Waals surface area contributed by atoms with Gasteiger partial charge >= 0.3 is 6.36 Å². The highest BCUT2D eigenvalue weighted by Crippen LogP contribution is 2.26. The number of benzene rings is 1. The Morgan fingerprint density at radius 2 is 1.88 bits per heavy atom. The Morgan fingerprint density at radius 3 is 2.50 bits per heavy atom. The molecule has 9 heteroatoms. The molecule has 0 heterocycles. The van der Waals surface area contributed by atoms with Crippen molar-refractivity contribution in [2.75, 3.05) is 26.3 Å². The molecule has 24 heavy (non-hydrogen) atoms. The molecule has 2 N–H and O–H groups in total. The summed E-state index contributed by atoms with van der Waals surface area (Å²) >= 11 is 0. The minimum absolute atomic E-state index is 0. The van der Waals surface area contributed by atoms with Gasteiger partial charge in [0.15, 0.2) is 5.96 Å². The highest BCUT2D eigenvalue weighted by molar-refractivity contribution is 14.0. The van der Waals surface area contributed by atoms with E-state index in [0.29, 0.717) is 37.8 Å². The summed E-state index contributed by atoms with van der Waals surface area (Å²) in [4.78, 5) is 4.26. The number of hydrogen-bond acceptors (Lipinski definition) is 3. The van der Waals surface area contributed by atoms with Crippen LogP contribution >= 0.6 is 24.0 Å². The number of alkyl halides is 3. The minimum atomic E-state index is -4.72. The van der Waals surface area contributed by atoms with E-state index in [9.17, 15) is 13.2 Å². The van der Waals surface area contributed by atoms with E-state index in [1.165, 1.54) is 12.1 Å². The van der Waals surface area contributed by atoms with Crippen LogP contribution in [0.3, 0.4) is 0 Å². The molecule has 0 atom stereocenters. The lowest BCUT2D eigenvalue weighted by atomic mass is 10.2. The molecule has 1 aromatic rings. The van der Waals surface area contributed by atoms with Crippen molar-refractivity contribution in [3.05, 3.63) is 29.8 Å². The Labute approximate surface area is 157 Å². The first-order valence-electron chi connectivity index (χ1n) is 7.39. The van der Waals surface area contributed by atoms with E-state index in [1.807, 2.05) is 13.8 Å². The van der Waals surface area contributed by atoms with Crippen molar-refractivity contribution in [2.24, 2.45) is 4.99 Å². The number of aliphatic imine (C=N–C) groups is 1. The summed E-state index contributed by atoms with van der Waals surface area (Å²) in [5.41, 5.74) is 0.354. The smallest absolute Gasteiger partial charge is 0.405 e. The van der Waals surface area contributed by atoms with Gasteiger partial charge in [0.2, 0.25) is 0 Å². The van der Waals surface area contributed by atoms with Crippen LogP contribution < -0.4 is 15.4 Å². The van der Waals surface area contributed by atoms with Crippen LogP contribution in [0, 0.1) is 0 Å².